The number of anilines is 1. The van der Waals surface area contributed by atoms with Crippen LogP contribution in [-0.4, -0.2) is 38.7 Å². The molecule has 5 heteroatoms. The van der Waals surface area contributed by atoms with Gasteiger partial charge in [-0.1, -0.05) is 0 Å². The quantitative estimate of drug-likeness (QED) is 0.772. The summed E-state index contributed by atoms with van der Waals surface area (Å²) >= 11 is 1.67. The van der Waals surface area contributed by atoms with Gasteiger partial charge in [0.15, 0.2) is 0 Å². The SMILES string of the molecule is COC[C@@H]1CN(c2ccc(SC)cc2)C(=O)O1. The van der Waals surface area contributed by atoms with Crippen LogP contribution >= 0.6 is 11.8 Å². The fourth-order valence-corrected chi connectivity index (χ4v) is 2.18. The molecular weight excluding hydrogens is 238 g/mol. The molecule has 0 bridgehead atoms. The Morgan fingerprint density at radius 1 is 1.47 bits per heavy atom. The number of cyclic esters (lactones) is 1. The van der Waals surface area contributed by atoms with Gasteiger partial charge >= 0.3 is 6.09 Å². The highest BCUT2D eigenvalue weighted by Gasteiger charge is 2.32. The van der Waals surface area contributed by atoms with Gasteiger partial charge in [0.2, 0.25) is 0 Å². The molecule has 0 spiro atoms. The Bertz CT molecular complexity index is 393. The number of hydrogen-bond acceptors (Lipinski definition) is 4. The van der Waals surface area contributed by atoms with Crippen LogP contribution in [0.15, 0.2) is 29.2 Å². The molecule has 1 fully saturated rings. The first kappa shape index (κ1) is 12.3. The predicted molar refractivity (Wildman–Crippen MR) is 67.7 cm³/mol. The summed E-state index contributed by atoms with van der Waals surface area (Å²) in [7, 11) is 1.60. The number of carbonyl (C=O) groups excluding carboxylic acids is 1. The van der Waals surface area contributed by atoms with Crippen molar-refractivity contribution in [1.82, 2.24) is 0 Å². The lowest BCUT2D eigenvalue weighted by molar-refractivity contribution is 0.0718. The van der Waals surface area contributed by atoms with Crippen LogP contribution in [0.3, 0.4) is 0 Å². The van der Waals surface area contributed by atoms with E-state index in [9.17, 15) is 4.79 Å². The van der Waals surface area contributed by atoms with Crippen LogP contribution in [0.4, 0.5) is 10.5 Å². The largest absolute Gasteiger partial charge is 0.441 e. The highest BCUT2D eigenvalue weighted by atomic mass is 32.2. The lowest BCUT2D eigenvalue weighted by atomic mass is 10.3. The standard InChI is InChI=1S/C12H15NO3S/c1-15-8-10-7-13(12(14)16-10)9-3-5-11(17-2)6-4-9/h3-6,10H,7-8H2,1-2H3/t10-/m0/s1. The molecule has 1 aliphatic heterocycles. The van der Waals surface area contributed by atoms with E-state index in [0.717, 1.165) is 5.69 Å². The molecule has 1 aliphatic rings. The second kappa shape index (κ2) is 5.42. The van der Waals surface area contributed by atoms with Gasteiger partial charge in [-0.25, -0.2) is 4.79 Å². The van der Waals surface area contributed by atoms with Gasteiger partial charge in [0.1, 0.15) is 6.10 Å². The van der Waals surface area contributed by atoms with Gasteiger partial charge in [-0.15, -0.1) is 11.8 Å². The molecule has 1 atom stereocenters. The van der Waals surface area contributed by atoms with Gasteiger partial charge in [0, 0.05) is 17.7 Å². The van der Waals surface area contributed by atoms with Crippen LogP contribution in [0.1, 0.15) is 0 Å². The summed E-state index contributed by atoms with van der Waals surface area (Å²) in [5, 5.41) is 0. The van der Waals surface area contributed by atoms with E-state index in [1.807, 2.05) is 30.5 Å². The van der Waals surface area contributed by atoms with Crippen LogP contribution in [0.25, 0.3) is 0 Å². The van der Waals surface area contributed by atoms with Crippen molar-refractivity contribution in [2.45, 2.75) is 11.0 Å². The average Bonchev–Trinajstić information content (AvgIpc) is 2.71. The normalized spacial score (nSPS) is 19.5. The van der Waals surface area contributed by atoms with Crippen molar-refractivity contribution in [3.63, 3.8) is 0 Å². The Balaban J connectivity index is 2.08. The number of carbonyl (C=O) groups is 1. The smallest absolute Gasteiger partial charge is 0.414 e. The summed E-state index contributed by atoms with van der Waals surface area (Å²) in [4.78, 5) is 14.5. The van der Waals surface area contributed by atoms with Crippen molar-refractivity contribution < 1.29 is 14.3 Å². The van der Waals surface area contributed by atoms with Crippen LogP contribution < -0.4 is 4.90 Å². The zero-order valence-electron chi connectivity index (χ0n) is 9.88. The topological polar surface area (TPSA) is 38.8 Å². The van der Waals surface area contributed by atoms with Crippen LogP contribution in [-0.2, 0) is 9.47 Å². The van der Waals surface area contributed by atoms with Gasteiger partial charge in [0.05, 0.1) is 13.2 Å². The second-order valence-corrected chi connectivity index (χ2v) is 4.65. The minimum Gasteiger partial charge on any atom is -0.441 e. The van der Waals surface area contributed by atoms with Crippen molar-refractivity contribution in [2.24, 2.45) is 0 Å². The number of thioether (sulfide) groups is 1. The fraction of sp³-hybridized carbons (Fsp3) is 0.417. The van der Waals surface area contributed by atoms with Gasteiger partial charge in [-0.3, -0.25) is 4.90 Å². The molecular formula is C12H15NO3S. The third-order valence-corrected chi connectivity index (χ3v) is 3.35. The van der Waals surface area contributed by atoms with Crippen LogP contribution in [0.2, 0.25) is 0 Å². The molecule has 0 radical (unpaired) electrons. The number of hydrogen-bond donors (Lipinski definition) is 0. The summed E-state index contributed by atoms with van der Waals surface area (Å²) in [5.74, 6) is 0. The second-order valence-electron chi connectivity index (χ2n) is 3.77. The number of benzene rings is 1. The molecule has 1 amide bonds. The number of nitrogens with zero attached hydrogens (tertiary/aromatic N) is 1. The molecule has 1 aromatic rings. The van der Waals surface area contributed by atoms with Gasteiger partial charge < -0.3 is 9.47 Å². The average molecular weight is 253 g/mol. The number of methoxy groups -OCH3 is 1. The van der Waals surface area contributed by atoms with E-state index in [2.05, 4.69) is 0 Å². The first-order chi connectivity index (χ1) is 8.24. The summed E-state index contributed by atoms with van der Waals surface area (Å²) in [6.45, 7) is 0.983. The van der Waals surface area contributed by atoms with E-state index >= 15 is 0 Å². The summed E-state index contributed by atoms with van der Waals surface area (Å²) in [5.41, 5.74) is 0.867. The Morgan fingerprint density at radius 2 is 2.18 bits per heavy atom. The fourth-order valence-electron chi connectivity index (χ4n) is 1.77. The molecule has 0 aliphatic carbocycles. The summed E-state index contributed by atoms with van der Waals surface area (Å²) < 4.78 is 10.2. The van der Waals surface area contributed by atoms with Crippen molar-refractivity contribution >= 4 is 23.5 Å². The summed E-state index contributed by atoms with van der Waals surface area (Å²) in [6, 6.07) is 7.86. The van der Waals surface area contributed by atoms with Crippen molar-refractivity contribution in [2.75, 3.05) is 31.4 Å². The maximum Gasteiger partial charge on any atom is 0.414 e. The Hall–Kier alpha value is -1.20. The third kappa shape index (κ3) is 2.73. The van der Waals surface area contributed by atoms with Crippen LogP contribution in [0, 0.1) is 0 Å². The molecule has 0 unspecified atom stereocenters. The molecule has 2 rings (SSSR count). The number of rotatable bonds is 4. The number of ether oxygens (including phenoxy) is 2. The third-order valence-electron chi connectivity index (χ3n) is 2.61. The zero-order valence-corrected chi connectivity index (χ0v) is 10.7. The molecule has 1 aromatic carbocycles. The minimum atomic E-state index is -0.302. The predicted octanol–water partition coefficient (Wildman–Crippen LogP) is 2.38. The molecule has 0 aromatic heterocycles. The maximum atomic E-state index is 11.7. The first-order valence-corrected chi connectivity index (χ1v) is 6.58. The van der Waals surface area contributed by atoms with Crippen molar-refractivity contribution in [1.29, 1.82) is 0 Å². The van der Waals surface area contributed by atoms with E-state index in [4.69, 9.17) is 9.47 Å². The van der Waals surface area contributed by atoms with Gasteiger partial charge in [-0.2, -0.15) is 0 Å². The number of amides is 1. The molecule has 92 valence electrons. The summed E-state index contributed by atoms with van der Waals surface area (Å²) in [6.07, 6.45) is 1.55. The molecule has 1 saturated heterocycles. The van der Waals surface area contributed by atoms with Gasteiger partial charge in [0.25, 0.3) is 0 Å². The molecule has 0 N–H and O–H groups in total. The van der Waals surface area contributed by atoms with Crippen molar-refractivity contribution in [3.05, 3.63) is 24.3 Å². The van der Waals surface area contributed by atoms with E-state index < -0.39 is 0 Å². The highest BCUT2D eigenvalue weighted by molar-refractivity contribution is 7.98. The Labute approximate surface area is 105 Å². The Kier molecular flexibility index (Phi) is 3.91. The maximum absolute atomic E-state index is 11.7. The minimum absolute atomic E-state index is 0.173. The van der Waals surface area contributed by atoms with Gasteiger partial charge in [-0.05, 0) is 30.5 Å². The molecule has 1 heterocycles. The first-order valence-electron chi connectivity index (χ1n) is 5.35. The highest BCUT2D eigenvalue weighted by Crippen LogP contribution is 2.24. The molecule has 4 nitrogen and oxygen atoms in total. The van der Waals surface area contributed by atoms with E-state index in [1.165, 1.54) is 4.90 Å². The van der Waals surface area contributed by atoms with Crippen LogP contribution in [0.5, 0.6) is 0 Å². The lowest BCUT2D eigenvalue weighted by Gasteiger charge is -2.13. The zero-order chi connectivity index (χ0) is 12.3. The van der Waals surface area contributed by atoms with E-state index in [-0.39, 0.29) is 12.2 Å². The van der Waals surface area contributed by atoms with E-state index in [0.29, 0.717) is 13.2 Å². The molecule has 17 heavy (non-hydrogen) atoms. The van der Waals surface area contributed by atoms with E-state index in [1.54, 1.807) is 23.8 Å². The molecule has 0 saturated carbocycles. The van der Waals surface area contributed by atoms with Crippen molar-refractivity contribution in [3.8, 4) is 0 Å². The monoisotopic (exact) mass is 253 g/mol. The lowest BCUT2D eigenvalue weighted by Crippen LogP contribution is -2.25. The Morgan fingerprint density at radius 3 is 2.76 bits per heavy atom.